The minimum atomic E-state index is -4.90. The number of nitrogen functional groups attached to an aromatic ring is 1. The largest absolute Gasteiger partial charge is 0.573 e. The molecule has 0 spiro atoms. The lowest BCUT2D eigenvalue weighted by atomic mass is 10.2. The van der Waals surface area contributed by atoms with Crippen LogP contribution in [0.2, 0.25) is 0 Å². The molecule has 1 heterocycles. The molecule has 0 aliphatic carbocycles. The average molecular weight is 295 g/mol. The van der Waals surface area contributed by atoms with E-state index in [1.54, 1.807) is 6.07 Å². The van der Waals surface area contributed by atoms with Crippen molar-refractivity contribution in [3.05, 3.63) is 42.1 Å². The summed E-state index contributed by atoms with van der Waals surface area (Å²) < 4.78 is 45.8. The number of rotatable bonds is 3. The number of anilines is 1. The maximum Gasteiger partial charge on any atom is 0.573 e. The second kappa shape index (κ2) is 5.58. The number of nitriles is 1. The van der Waals surface area contributed by atoms with Crippen LogP contribution < -0.4 is 15.2 Å². The smallest absolute Gasteiger partial charge is 0.439 e. The molecule has 0 saturated heterocycles. The van der Waals surface area contributed by atoms with Crippen molar-refractivity contribution in [2.45, 2.75) is 6.36 Å². The molecule has 1 aromatic heterocycles. The van der Waals surface area contributed by atoms with E-state index in [1.807, 2.05) is 0 Å². The molecule has 0 fully saturated rings. The number of hydrogen-bond acceptors (Lipinski definition) is 5. The summed E-state index contributed by atoms with van der Waals surface area (Å²) in [5.74, 6) is -0.449. The summed E-state index contributed by atoms with van der Waals surface area (Å²) >= 11 is 0. The Morgan fingerprint density at radius 2 is 1.95 bits per heavy atom. The molecule has 2 aromatic rings. The van der Waals surface area contributed by atoms with E-state index in [-0.39, 0.29) is 17.2 Å². The number of hydrogen-bond donors (Lipinski definition) is 1. The maximum atomic E-state index is 12.3. The maximum absolute atomic E-state index is 12.3. The zero-order valence-electron chi connectivity index (χ0n) is 10.4. The minimum absolute atomic E-state index is 0.0468. The van der Waals surface area contributed by atoms with E-state index in [1.165, 1.54) is 24.4 Å². The van der Waals surface area contributed by atoms with Gasteiger partial charge in [0.15, 0.2) is 5.75 Å². The monoisotopic (exact) mass is 295 g/mol. The summed E-state index contributed by atoms with van der Waals surface area (Å²) in [6, 6.07) is 8.04. The van der Waals surface area contributed by atoms with Crippen molar-refractivity contribution in [2.24, 2.45) is 0 Å². The summed E-state index contributed by atoms with van der Waals surface area (Å²) in [5.41, 5.74) is 5.61. The van der Waals surface area contributed by atoms with E-state index in [2.05, 4.69) is 9.72 Å². The summed E-state index contributed by atoms with van der Waals surface area (Å²) in [6.45, 7) is 0. The van der Waals surface area contributed by atoms with Crippen LogP contribution in [-0.4, -0.2) is 11.3 Å². The molecular formula is C13H8F3N3O2. The van der Waals surface area contributed by atoms with Crippen LogP contribution in [0.15, 0.2) is 36.5 Å². The van der Waals surface area contributed by atoms with Crippen LogP contribution in [0.5, 0.6) is 17.4 Å². The molecule has 0 unspecified atom stereocenters. The van der Waals surface area contributed by atoms with Gasteiger partial charge in [-0.05, 0) is 18.2 Å². The third kappa shape index (κ3) is 4.01. The summed E-state index contributed by atoms with van der Waals surface area (Å²) in [5, 5.41) is 8.76. The van der Waals surface area contributed by atoms with Gasteiger partial charge >= 0.3 is 6.36 Å². The predicted molar refractivity (Wildman–Crippen MR) is 66.6 cm³/mol. The minimum Gasteiger partial charge on any atom is -0.439 e. The molecule has 8 heteroatoms. The Kier molecular flexibility index (Phi) is 3.84. The van der Waals surface area contributed by atoms with Crippen molar-refractivity contribution in [3.63, 3.8) is 0 Å². The molecule has 0 aliphatic heterocycles. The van der Waals surface area contributed by atoms with E-state index in [0.29, 0.717) is 5.69 Å². The summed E-state index contributed by atoms with van der Waals surface area (Å²) in [7, 11) is 0. The molecule has 0 atom stereocenters. The molecule has 21 heavy (non-hydrogen) atoms. The van der Waals surface area contributed by atoms with E-state index in [4.69, 9.17) is 15.7 Å². The molecule has 108 valence electrons. The van der Waals surface area contributed by atoms with Crippen molar-refractivity contribution < 1.29 is 22.6 Å². The van der Waals surface area contributed by atoms with Crippen LogP contribution in [0.4, 0.5) is 18.9 Å². The standard InChI is InChI=1S/C13H8F3N3O2/c14-13(15,16)21-11-5-10(3-1-8(11)6-17)20-12-4-2-9(18)7-19-12/h1-5,7H,18H2. The van der Waals surface area contributed by atoms with Crippen LogP contribution >= 0.6 is 0 Å². The Morgan fingerprint density at radius 1 is 1.19 bits per heavy atom. The molecule has 0 bridgehead atoms. The van der Waals surface area contributed by atoms with Crippen LogP contribution in [0.3, 0.4) is 0 Å². The van der Waals surface area contributed by atoms with Crippen molar-refractivity contribution in [1.29, 1.82) is 5.26 Å². The van der Waals surface area contributed by atoms with E-state index in [9.17, 15) is 13.2 Å². The summed E-state index contributed by atoms with van der Waals surface area (Å²) in [4.78, 5) is 3.85. The lowest BCUT2D eigenvalue weighted by molar-refractivity contribution is -0.274. The van der Waals surface area contributed by atoms with Crippen LogP contribution in [-0.2, 0) is 0 Å². The molecular weight excluding hydrogens is 287 g/mol. The first kappa shape index (κ1) is 14.5. The quantitative estimate of drug-likeness (QED) is 0.940. The fourth-order valence-corrected chi connectivity index (χ4v) is 1.44. The third-order valence-electron chi connectivity index (χ3n) is 2.28. The first-order valence-electron chi connectivity index (χ1n) is 5.56. The first-order chi connectivity index (χ1) is 9.87. The molecule has 0 aliphatic rings. The van der Waals surface area contributed by atoms with Gasteiger partial charge in [-0.15, -0.1) is 13.2 Å². The Labute approximate surface area is 117 Å². The molecule has 2 N–H and O–H groups in total. The van der Waals surface area contributed by atoms with Crippen molar-refractivity contribution in [3.8, 4) is 23.4 Å². The lowest BCUT2D eigenvalue weighted by Gasteiger charge is -2.12. The molecule has 2 rings (SSSR count). The fraction of sp³-hybridized carbons (Fsp3) is 0.0769. The van der Waals surface area contributed by atoms with Gasteiger partial charge in [-0.25, -0.2) is 4.98 Å². The number of alkyl halides is 3. The number of nitrogens with two attached hydrogens (primary N) is 1. The average Bonchev–Trinajstić information content (AvgIpc) is 2.40. The van der Waals surface area contributed by atoms with Crippen molar-refractivity contribution in [2.75, 3.05) is 5.73 Å². The molecule has 5 nitrogen and oxygen atoms in total. The van der Waals surface area contributed by atoms with Gasteiger partial charge in [0.05, 0.1) is 17.4 Å². The van der Waals surface area contributed by atoms with Crippen molar-refractivity contribution in [1.82, 2.24) is 4.98 Å². The molecule has 0 radical (unpaired) electrons. The van der Waals surface area contributed by atoms with Gasteiger partial charge in [0.1, 0.15) is 11.8 Å². The third-order valence-corrected chi connectivity index (χ3v) is 2.28. The van der Waals surface area contributed by atoms with Gasteiger partial charge in [-0.3, -0.25) is 0 Å². The van der Waals surface area contributed by atoms with Crippen LogP contribution in [0.25, 0.3) is 0 Å². The van der Waals surface area contributed by atoms with E-state index >= 15 is 0 Å². The van der Waals surface area contributed by atoms with Gasteiger partial charge in [0.2, 0.25) is 5.88 Å². The zero-order chi connectivity index (χ0) is 15.5. The van der Waals surface area contributed by atoms with E-state index in [0.717, 1.165) is 12.1 Å². The molecule has 0 amide bonds. The van der Waals surface area contributed by atoms with E-state index < -0.39 is 12.1 Å². The summed E-state index contributed by atoms with van der Waals surface area (Å²) in [6.07, 6.45) is -3.56. The van der Waals surface area contributed by atoms with Gasteiger partial charge in [-0.1, -0.05) is 0 Å². The first-order valence-corrected chi connectivity index (χ1v) is 5.56. The highest BCUT2D eigenvalue weighted by Crippen LogP contribution is 2.31. The normalized spacial score (nSPS) is 10.8. The SMILES string of the molecule is N#Cc1ccc(Oc2ccc(N)cn2)cc1OC(F)(F)F. The number of halogens is 3. The highest BCUT2D eigenvalue weighted by Gasteiger charge is 2.32. The number of pyridine rings is 1. The van der Waals surface area contributed by atoms with Crippen molar-refractivity contribution >= 4 is 5.69 Å². The fourth-order valence-electron chi connectivity index (χ4n) is 1.44. The number of aromatic nitrogens is 1. The van der Waals surface area contributed by atoms with Gasteiger partial charge < -0.3 is 15.2 Å². The number of nitrogens with zero attached hydrogens (tertiary/aromatic N) is 2. The predicted octanol–water partition coefficient (Wildman–Crippen LogP) is 3.23. The number of ether oxygens (including phenoxy) is 2. The second-order valence-electron chi connectivity index (χ2n) is 3.85. The number of benzene rings is 1. The molecule has 0 saturated carbocycles. The topological polar surface area (TPSA) is 81.2 Å². The van der Waals surface area contributed by atoms with Crippen LogP contribution in [0, 0.1) is 11.3 Å². The highest BCUT2D eigenvalue weighted by molar-refractivity contribution is 5.48. The zero-order valence-corrected chi connectivity index (χ0v) is 10.4. The Hall–Kier alpha value is -2.95. The van der Waals surface area contributed by atoms with Gasteiger partial charge in [-0.2, -0.15) is 5.26 Å². The molecule has 1 aromatic carbocycles. The second-order valence-corrected chi connectivity index (χ2v) is 3.85. The lowest BCUT2D eigenvalue weighted by Crippen LogP contribution is -2.17. The van der Waals surface area contributed by atoms with Gasteiger partial charge in [0.25, 0.3) is 0 Å². The Balaban J connectivity index is 2.27. The van der Waals surface area contributed by atoms with Crippen LogP contribution in [0.1, 0.15) is 5.56 Å². The highest BCUT2D eigenvalue weighted by atomic mass is 19.4. The van der Waals surface area contributed by atoms with Gasteiger partial charge in [0, 0.05) is 12.1 Å². The Bertz CT molecular complexity index is 679. The Morgan fingerprint density at radius 3 is 2.52 bits per heavy atom.